The molecule has 1 N–H and O–H groups in total. The van der Waals surface area contributed by atoms with Gasteiger partial charge in [-0.3, -0.25) is 9.82 Å². The van der Waals surface area contributed by atoms with Crippen LogP contribution < -0.4 is 10.2 Å². The van der Waals surface area contributed by atoms with Gasteiger partial charge in [-0.1, -0.05) is 0 Å². The lowest BCUT2D eigenvalue weighted by molar-refractivity contribution is 0.289. The fourth-order valence-electron chi connectivity index (χ4n) is 1.46. The number of ether oxygens (including phenoxy) is 1. The van der Waals surface area contributed by atoms with Crippen molar-refractivity contribution in [3.05, 3.63) is 40.9 Å². The molecule has 0 aliphatic heterocycles. The molecule has 1 aromatic heterocycles. The smallest absolute Gasteiger partial charge is 0.203 e. The standard InChI is InChI=1S/C14H16FN3OS/c1-11-10-20-14(17-11)18-16-9-12-3-5-13(6-4-12)19-8-2-7-15/h3-6,9-10H,2,7-8H2,1H3,(H,17,18). The van der Waals surface area contributed by atoms with E-state index >= 15 is 0 Å². The monoisotopic (exact) mass is 293 g/mol. The predicted octanol–water partition coefficient (Wildman–Crippen LogP) is 3.64. The third kappa shape index (κ3) is 4.62. The summed E-state index contributed by atoms with van der Waals surface area (Å²) in [6.45, 7) is 1.98. The van der Waals surface area contributed by atoms with Crippen LogP contribution in [0.1, 0.15) is 17.7 Å². The van der Waals surface area contributed by atoms with E-state index in [-0.39, 0.29) is 6.67 Å². The summed E-state index contributed by atoms with van der Waals surface area (Å²) in [5.41, 5.74) is 4.80. The molecular formula is C14H16FN3OS. The number of aromatic nitrogens is 1. The number of halogens is 1. The molecular weight excluding hydrogens is 277 g/mol. The lowest BCUT2D eigenvalue weighted by Gasteiger charge is -2.04. The van der Waals surface area contributed by atoms with Crippen molar-refractivity contribution < 1.29 is 9.13 Å². The van der Waals surface area contributed by atoms with Gasteiger partial charge in [0.25, 0.3) is 0 Å². The van der Waals surface area contributed by atoms with Crippen LogP contribution in [0, 0.1) is 6.92 Å². The number of anilines is 1. The van der Waals surface area contributed by atoms with E-state index in [0.29, 0.717) is 13.0 Å². The number of aryl methyl sites for hydroxylation is 1. The predicted molar refractivity (Wildman–Crippen MR) is 80.6 cm³/mol. The number of hydrogen-bond acceptors (Lipinski definition) is 5. The summed E-state index contributed by atoms with van der Waals surface area (Å²) in [4.78, 5) is 4.24. The highest BCUT2D eigenvalue weighted by molar-refractivity contribution is 7.13. The van der Waals surface area contributed by atoms with Crippen LogP contribution in [0.3, 0.4) is 0 Å². The molecule has 0 spiro atoms. The van der Waals surface area contributed by atoms with Gasteiger partial charge in [-0.2, -0.15) is 5.10 Å². The van der Waals surface area contributed by atoms with E-state index in [2.05, 4.69) is 15.5 Å². The maximum atomic E-state index is 11.9. The summed E-state index contributed by atoms with van der Waals surface area (Å²) < 4.78 is 17.3. The third-order valence-electron chi connectivity index (χ3n) is 2.42. The average molecular weight is 293 g/mol. The van der Waals surface area contributed by atoms with Gasteiger partial charge in [0.15, 0.2) is 0 Å². The maximum Gasteiger partial charge on any atom is 0.203 e. The van der Waals surface area contributed by atoms with E-state index in [1.807, 2.05) is 36.6 Å². The maximum absolute atomic E-state index is 11.9. The van der Waals surface area contributed by atoms with E-state index in [0.717, 1.165) is 22.1 Å². The molecule has 6 heteroatoms. The summed E-state index contributed by atoms with van der Waals surface area (Å²) in [5, 5.41) is 6.84. The average Bonchev–Trinajstić information content (AvgIpc) is 2.87. The van der Waals surface area contributed by atoms with Crippen molar-refractivity contribution >= 4 is 22.7 Å². The number of hydrogen-bond donors (Lipinski definition) is 1. The van der Waals surface area contributed by atoms with Crippen LogP contribution in [-0.4, -0.2) is 24.5 Å². The largest absolute Gasteiger partial charge is 0.493 e. The molecule has 0 aliphatic rings. The van der Waals surface area contributed by atoms with Crippen LogP contribution in [0.15, 0.2) is 34.7 Å². The van der Waals surface area contributed by atoms with Crippen LogP contribution in [0.2, 0.25) is 0 Å². The molecule has 0 aliphatic carbocycles. The van der Waals surface area contributed by atoms with Crippen molar-refractivity contribution in [3.63, 3.8) is 0 Å². The Morgan fingerprint density at radius 1 is 1.40 bits per heavy atom. The third-order valence-corrected chi connectivity index (χ3v) is 3.28. The van der Waals surface area contributed by atoms with Crippen molar-refractivity contribution in [1.29, 1.82) is 0 Å². The van der Waals surface area contributed by atoms with E-state index in [4.69, 9.17) is 4.74 Å². The zero-order valence-corrected chi connectivity index (χ0v) is 12.0. The molecule has 4 nitrogen and oxygen atoms in total. The number of alkyl halides is 1. The second-order valence-electron chi connectivity index (χ2n) is 4.12. The van der Waals surface area contributed by atoms with E-state index in [1.54, 1.807) is 6.21 Å². The van der Waals surface area contributed by atoms with Gasteiger partial charge in [-0.05, 0) is 36.8 Å². The van der Waals surface area contributed by atoms with Crippen molar-refractivity contribution in [2.24, 2.45) is 5.10 Å². The summed E-state index contributed by atoms with van der Waals surface area (Å²) in [7, 11) is 0. The molecule has 20 heavy (non-hydrogen) atoms. The van der Waals surface area contributed by atoms with Crippen LogP contribution in [0.5, 0.6) is 5.75 Å². The fraction of sp³-hybridized carbons (Fsp3) is 0.286. The summed E-state index contributed by atoms with van der Waals surface area (Å²) in [6.07, 6.45) is 2.13. The van der Waals surface area contributed by atoms with Crippen molar-refractivity contribution in [3.8, 4) is 5.75 Å². The minimum Gasteiger partial charge on any atom is -0.493 e. The van der Waals surface area contributed by atoms with Crippen LogP contribution in [0.25, 0.3) is 0 Å². The van der Waals surface area contributed by atoms with E-state index in [9.17, 15) is 4.39 Å². The zero-order chi connectivity index (χ0) is 14.2. The van der Waals surface area contributed by atoms with Gasteiger partial charge >= 0.3 is 0 Å². The number of hydrazone groups is 1. The Balaban J connectivity index is 1.83. The molecule has 0 saturated heterocycles. The minimum atomic E-state index is -0.355. The van der Waals surface area contributed by atoms with Gasteiger partial charge < -0.3 is 4.74 Å². The SMILES string of the molecule is Cc1csc(NN=Cc2ccc(OCCCF)cc2)n1. The minimum absolute atomic E-state index is 0.355. The second-order valence-corrected chi connectivity index (χ2v) is 4.98. The van der Waals surface area contributed by atoms with Gasteiger partial charge in [0, 0.05) is 11.8 Å². The molecule has 106 valence electrons. The molecule has 0 saturated carbocycles. The Kier molecular flexibility index (Phi) is 5.49. The highest BCUT2D eigenvalue weighted by atomic mass is 32.1. The first-order chi connectivity index (χ1) is 9.78. The Bertz CT molecular complexity index is 554. The molecule has 2 rings (SSSR count). The summed E-state index contributed by atoms with van der Waals surface area (Å²) >= 11 is 1.51. The summed E-state index contributed by atoms with van der Waals surface area (Å²) in [5.74, 6) is 0.735. The first kappa shape index (κ1) is 14.5. The topological polar surface area (TPSA) is 46.5 Å². The van der Waals surface area contributed by atoms with E-state index in [1.165, 1.54) is 11.3 Å². The molecule has 1 heterocycles. The molecule has 2 aromatic rings. The van der Waals surface area contributed by atoms with Crippen LogP contribution >= 0.6 is 11.3 Å². The first-order valence-electron chi connectivity index (χ1n) is 6.28. The first-order valence-corrected chi connectivity index (χ1v) is 7.16. The molecule has 0 atom stereocenters. The van der Waals surface area contributed by atoms with Gasteiger partial charge in [-0.15, -0.1) is 11.3 Å². The van der Waals surface area contributed by atoms with Crippen molar-refractivity contribution in [2.75, 3.05) is 18.7 Å². The Labute approximate surface area is 121 Å². The molecule has 0 fully saturated rings. The van der Waals surface area contributed by atoms with Gasteiger partial charge in [0.1, 0.15) is 5.75 Å². The highest BCUT2D eigenvalue weighted by Gasteiger charge is 1.96. The quantitative estimate of drug-likeness (QED) is 0.481. The lowest BCUT2D eigenvalue weighted by atomic mass is 10.2. The number of benzene rings is 1. The van der Waals surface area contributed by atoms with Gasteiger partial charge in [0.2, 0.25) is 5.13 Å². The lowest BCUT2D eigenvalue weighted by Crippen LogP contribution is -1.98. The Hall–Kier alpha value is -1.95. The zero-order valence-electron chi connectivity index (χ0n) is 11.2. The number of rotatable bonds is 7. The van der Waals surface area contributed by atoms with Crippen LogP contribution in [0.4, 0.5) is 9.52 Å². The van der Waals surface area contributed by atoms with E-state index < -0.39 is 0 Å². The Morgan fingerprint density at radius 3 is 2.85 bits per heavy atom. The molecule has 0 unspecified atom stereocenters. The number of thiazole rings is 1. The molecule has 0 radical (unpaired) electrons. The second kappa shape index (κ2) is 7.59. The molecule has 0 bridgehead atoms. The van der Waals surface area contributed by atoms with Gasteiger partial charge in [-0.25, -0.2) is 4.98 Å². The summed E-state index contributed by atoms with van der Waals surface area (Å²) in [6, 6.07) is 7.46. The normalized spacial score (nSPS) is 10.9. The molecule has 0 amide bonds. The number of nitrogens with zero attached hydrogens (tertiary/aromatic N) is 2. The van der Waals surface area contributed by atoms with Gasteiger partial charge in [0.05, 0.1) is 25.2 Å². The van der Waals surface area contributed by atoms with Crippen molar-refractivity contribution in [1.82, 2.24) is 4.98 Å². The Morgan fingerprint density at radius 2 is 2.20 bits per heavy atom. The highest BCUT2D eigenvalue weighted by Crippen LogP contribution is 2.14. The van der Waals surface area contributed by atoms with Crippen molar-refractivity contribution in [2.45, 2.75) is 13.3 Å². The van der Waals surface area contributed by atoms with Crippen LogP contribution in [-0.2, 0) is 0 Å². The molecule has 1 aromatic carbocycles. The number of nitrogens with one attached hydrogen (secondary N) is 1. The fourth-order valence-corrected chi connectivity index (χ4v) is 2.10.